The zero-order valence-corrected chi connectivity index (χ0v) is 28.5. The van der Waals surface area contributed by atoms with E-state index in [9.17, 15) is 19.2 Å². The predicted octanol–water partition coefficient (Wildman–Crippen LogP) is 5.14. The van der Waals surface area contributed by atoms with Crippen LogP contribution in [0.1, 0.15) is 94.9 Å². The summed E-state index contributed by atoms with van der Waals surface area (Å²) in [6.45, 7) is 22.0. The van der Waals surface area contributed by atoms with Gasteiger partial charge in [0.05, 0.1) is 6.61 Å². The molecule has 0 radical (unpaired) electrons. The highest BCUT2D eigenvalue weighted by atomic mass is 16.6. The molecule has 43 heavy (non-hydrogen) atoms. The predicted molar refractivity (Wildman–Crippen MR) is 165 cm³/mol. The normalized spacial score (nSPS) is 16.6. The number of rotatable bonds is 7. The third-order valence-electron chi connectivity index (χ3n) is 6.27. The molecular weight excluding hydrogens is 556 g/mol. The molecule has 0 spiro atoms. The number of carbonyl (C=O) groups excluding carboxylic acids is 4. The fourth-order valence-corrected chi connectivity index (χ4v) is 4.22. The van der Waals surface area contributed by atoms with Crippen molar-refractivity contribution in [3.63, 3.8) is 0 Å². The van der Waals surface area contributed by atoms with Crippen LogP contribution in [0.5, 0.6) is 0 Å². The van der Waals surface area contributed by atoms with Crippen molar-refractivity contribution in [3.05, 3.63) is 0 Å². The van der Waals surface area contributed by atoms with E-state index in [1.807, 2.05) is 41.5 Å². The molecule has 1 fully saturated rings. The van der Waals surface area contributed by atoms with Gasteiger partial charge in [0.1, 0.15) is 16.8 Å². The number of hydrogen-bond donors (Lipinski definition) is 0. The average molecular weight is 615 g/mol. The van der Waals surface area contributed by atoms with E-state index in [0.717, 1.165) is 25.8 Å². The second-order valence-corrected chi connectivity index (χ2v) is 13.9. The molecule has 1 saturated heterocycles. The highest BCUT2D eigenvalue weighted by molar-refractivity contribution is 5.70. The Hall–Kier alpha value is -2.76. The van der Waals surface area contributed by atoms with E-state index in [0.29, 0.717) is 39.2 Å². The number of nitrogens with zero attached hydrogens (tertiary/aromatic N) is 4. The van der Waals surface area contributed by atoms with Crippen LogP contribution in [0.2, 0.25) is 0 Å². The van der Waals surface area contributed by atoms with Crippen molar-refractivity contribution >= 4 is 24.2 Å². The number of carbonyl (C=O) groups is 4. The molecule has 0 unspecified atom stereocenters. The van der Waals surface area contributed by atoms with Crippen LogP contribution in [0.25, 0.3) is 0 Å². The molecule has 0 aromatic carbocycles. The van der Waals surface area contributed by atoms with Gasteiger partial charge in [-0.1, -0.05) is 6.42 Å². The van der Waals surface area contributed by atoms with E-state index in [4.69, 9.17) is 18.9 Å². The van der Waals surface area contributed by atoms with Gasteiger partial charge in [0.2, 0.25) is 0 Å². The average Bonchev–Trinajstić information content (AvgIpc) is 2.81. The van der Waals surface area contributed by atoms with Crippen molar-refractivity contribution in [2.75, 3.05) is 65.5 Å². The molecule has 3 amide bonds. The Kier molecular flexibility index (Phi) is 15.6. The molecule has 0 aliphatic carbocycles. The largest absolute Gasteiger partial charge is 0.466 e. The van der Waals surface area contributed by atoms with Crippen molar-refractivity contribution < 1.29 is 38.1 Å². The zero-order chi connectivity index (χ0) is 32.8. The van der Waals surface area contributed by atoms with Crippen LogP contribution in [0.4, 0.5) is 14.4 Å². The molecular formula is C31H58N4O8. The summed E-state index contributed by atoms with van der Waals surface area (Å²) in [5.41, 5.74) is -2.04. The van der Waals surface area contributed by atoms with Gasteiger partial charge >= 0.3 is 24.2 Å². The zero-order valence-electron chi connectivity index (χ0n) is 28.5. The number of hydrogen-bond acceptors (Lipinski definition) is 9. The van der Waals surface area contributed by atoms with Gasteiger partial charge in [0.25, 0.3) is 0 Å². The standard InChI is InChI=1S/C31H58N4O8/c1-11-40-25(36)15-13-12-14-16-32-17-19-33(26(37)41-29(2,3)4)21-23-35(28(39)43-31(8,9)10)24-22-34(20-18-32)27(38)42-30(5,6)7/h11-24H2,1-10H3. The molecule has 1 heterocycles. The number of amides is 3. The summed E-state index contributed by atoms with van der Waals surface area (Å²) in [6.07, 6.45) is 1.43. The summed E-state index contributed by atoms with van der Waals surface area (Å²) in [5.74, 6) is -0.185. The Morgan fingerprint density at radius 2 is 0.884 bits per heavy atom. The van der Waals surface area contributed by atoms with E-state index >= 15 is 0 Å². The van der Waals surface area contributed by atoms with Gasteiger partial charge < -0.3 is 33.6 Å². The van der Waals surface area contributed by atoms with E-state index in [1.54, 1.807) is 37.5 Å². The molecule has 250 valence electrons. The van der Waals surface area contributed by atoms with Crippen molar-refractivity contribution in [2.24, 2.45) is 0 Å². The molecule has 0 bridgehead atoms. The van der Waals surface area contributed by atoms with Crippen LogP contribution in [-0.4, -0.2) is 126 Å². The maximum atomic E-state index is 13.2. The number of esters is 1. The molecule has 0 saturated carbocycles. The highest BCUT2D eigenvalue weighted by Gasteiger charge is 2.29. The molecule has 1 rings (SSSR count). The Morgan fingerprint density at radius 1 is 0.535 bits per heavy atom. The fourth-order valence-electron chi connectivity index (χ4n) is 4.22. The van der Waals surface area contributed by atoms with Crippen molar-refractivity contribution in [3.8, 4) is 0 Å². The first kappa shape index (κ1) is 38.3. The molecule has 0 atom stereocenters. The first-order valence-electron chi connectivity index (χ1n) is 15.6. The topological polar surface area (TPSA) is 118 Å². The molecule has 12 nitrogen and oxygen atoms in total. The lowest BCUT2D eigenvalue weighted by Gasteiger charge is -2.35. The lowest BCUT2D eigenvalue weighted by atomic mass is 10.2. The van der Waals surface area contributed by atoms with Crippen LogP contribution in [0, 0.1) is 0 Å². The highest BCUT2D eigenvalue weighted by Crippen LogP contribution is 2.15. The minimum atomic E-state index is -0.701. The summed E-state index contributed by atoms with van der Waals surface area (Å²) >= 11 is 0. The van der Waals surface area contributed by atoms with E-state index in [1.165, 1.54) is 4.90 Å². The lowest BCUT2D eigenvalue weighted by Crippen LogP contribution is -2.51. The SMILES string of the molecule is CCOC(=O)CCCCCN1CCN(C(=O)OC(C)(C)C)CCN(C(=O)OC(C)(C)C)CCN(C(=O)OC(C)(C)C)CC1. The van der Waals surface area contributed by atoms with Crippen LogP contribution in [0.15, 0.2) is 0 Å². The number of ether oxygens (including phenoxy) is 4. The van der Waals surface area contributed by atoms with Crippen LogP contribution in [-0.2, 0) is 23.7 Å². The molecule has 12 heteroatoms. The maximum absolute atomic E-state index is 13.2. The summed E-state index contributed by atoms with van der Waals surface area (Å²) in [5, 5.41) is 0. The molecule has 1 aliphatic rings. The van der Waals surface area contributed by atoms with Gasteiger partial charge in [-0.05, 0) is 88.6 Å². The van der Waals surface area contributed by atoms with Crippen molar-refractivity contribution in [2.45, 2.75) is 112 Å². The van der Waals surface area contributed by atoms with E-state index in [2.05, 4.69) is 4.90 Å². The Bertz CT molecular complexity index is 848. The van der Waals surface area contributed by atoms with Gasteiger partial charge in [-0.3, -0.25) is 9.69 Å². The second-order valence-electron chi connectivity index (χ2n) is 13.9. The van der Waals surface area contributed by atoms with Crippen LogP contribution < -0.4 is 0 Å². The van der Waals surface area contributed by atoms with E-state index in [-0.39, 0.29) is 32.1 Å². The molecule has 0 N–H and O–H groups in total. The third-order valence-corrected chi connectivity index (χ3v) is 6.27. The van der Waals surface area contributed by atoms with Gasteiger partial charge in [0.15, 0.2) is 0 Å². The van der Waals surface area contributed by atoms with Crippen molar-refractivity contribution in [1.82, 2.24) is 19.6 Å². The first-order valence-corrected chi connectivity index (χ1v) is 15.6. The van der Waals surface area contributed by atoms with Gasteiger partial charge in [-0.15, -0.1) is 0 Å². The summed E-state index contributed by atoms with van der Waals surface area (Å²) in [6, 6.07) is 0. The quantitative estimate of drug-likeness (QED) is 0.218. The smallest absolute Gasteiger partial charge is 0.410 e. The van der Waals surface area contributed by atoms with E-state index < -0.39 is 35.1 Å². The number of unbranched alkanes of at least 4 members (excludes halogenated alkanes) is 2. The minimum absolute atomic E-state index is 0.185. The van der Waals surface area contributed by atoms with Crippen molar-refractivity contribution in [1.29, 1.82) is 0 Å². The third kappa shape index (κ3) is 17.8. The Morgan fingerprint density at radius 3 is 1.21 bits per heavy atom. The molecule has 0 aromatic rings. The second kappa shape index (κ2) is 17.5. The fraction of sp³-hybridized carbons (Fsp3) is 0.871. The lowest BCUT2D eigenvalue weighted by molar-refractivity contribution is -0.143. The minimum Gasteiger partial charge on any atom is -0.466 e. The summed E-state index contributed by atoms with van der Waals surface area (Å²) in [4.78, 5) is 58.2. The Balaban J connectivity index is 3.15. The summed E-state index contributed by atoms with van der Waals surface area (Å²) < 4.78 is 22.0. The van der Waals surface area contributed by atoms with Gasteiger partial charge in [-0.25, -0.2) is 14.4 Å². The van der Waals surface area contributed by atoms with Crippen LogP contribution in [0.3, 0.4) is 0 Å². The Labute approximate surface area is 259 Å². The van der Waals surface area contributed by atoms with Gasteiger partial charge in [0, 0.05) is 58.8 Å². The van der Waals surface area contributed by atoms with Gasteiger partial charge in [-0.2, -0.15) is 0 Å². The molecule has 0 aromatic heterocycles. The first-order chi connectivity index (χ1) is 19.8. The summed E-state index contributed by atoms with van der Waals surface area (Å²) in [7, 11) is 0. The molecule has 1 aliphatic heterocycles. The monoisotopic (exact) mass is 614 g/mol. The maximum Gasteiger partial charge on any atom is 0.410 e. The van der Waals surface area contributed by atoms with Crippen LogP contribution >= 0.6 is 0 Å².